The van der Waals surface area contributed by atoms with Gasteiger partial charge in [0.15, 0.2) is 0 Å². The average Bonchev–Trinajstić information content (AvgIpc) is 2.32. The molecule has 6 nitrogen and oxygen atoms in total. The molecule has 0 bridgehead atoms. The van der Waals surface area contributed by atoms with E-state index in [0.717, 1.165) is 0 Å². The van der Waals surface area contributed by atoms with Crippen LogP contribution in [0.15, 0.2) is 24.3 Å². The molecule has 17 heavy (non-hydrogen) atoms. The molecule has 0 aliphatic rings. The molecule has 4 N–H and O–H groups in total. The van der Waals surface area contributed by atoms with Crippen LogP contribution in [0.1, 0.15) is 0 Å². The van der Waals surface area contributed by atoms with Crippen molar-refractivity contribution in [3.63, 3.8) is 0 Å². The molecule has 1 aromatic carbocycles. The molecule has 0 saturated carbocycles. The lowest BCUT2D eigenvalue weighted by atomic mass is 10.3. The Kier molecular flexibility index (Phi) is 5.41. The maximum absolute atomic E-state index is 11.3. The molecule has 0 spiro atoms. The Balaban J connectivity index is 2.30. The molecule has 0 fully saturated rings. The van der Waals surface area contributed by atoms with Crippen LogP contribution < -0.4 is 16.6 Å². The number of rotatable bonds is 5. The smallest absolute Gasteiger partial charge is 0.259 e. The molecule has 0 unspecified atom stereocenters. The predicted molar refractivity (Wildman–Crippen MR) is 63.2 cm³/mol. The third kappa shape index (κ3) is 5.30. The van der Waals surface area contributed by atoms with Gasteiger partial charge in [-0.25, -0.2) is 5.84 Å². The van der Waals surface area contributed by atoms with Crippen LogP contribution in [0.25, 0.3) is 0 Å². The van der Waals surface area contributed by atoms with Gasteiger partial charge in [-0.2, -0.15) is 0 Å². The van der Waals surface area contributed by atoms with Crippen molar-refractivity contribution in [1.29, 1.82) is 0 Å². The minimum Gasteiger partial charge on any atom is -0.362 e. The van der Waals surface area contributed by atoms with Crippen LogP contribution in [0.5, 0.6) is 0 Å². The first-order valence-corrected chi connectivity index (χ1v) is 5.12. The maximum Gasteiger partial charge on any atom is 0.259 e. The monoisotopic (exact) mass is 257 g/mol. The van der Waals surface area contributed by atoms with Crippen molar-refractivity contribution in [1.82, 2.24) is 5.43 Å². The van der Waals surface area contributed by atoms with Gasteiger partial charge in [0.1, 0.15) is 13.2 Å². The molecule has 0 aliphatic carbocycles. The highest BCUT2D eigenvalue weighted by Crippen LogP contribution is 2.12. The molecule has 1 aromatic rings. The summed E-state index contributed by atoms with van der Waals surface area (Å²) < 4.78 is 4.81. The number of carbonyl (C=O) groups is 2. The summed E-state index contributed by atoms with van der Waals surface area (Å²) in [6, 6.07) is 6.62. The SMILES string of the molecule is NNC(=O)COCC(=O)Nc1ccc(Cl)cc1. The minimum absolute atomic E-state index is 0.226. The van der Waals surface area contributed by atoms with E-state index >= 15 is 0 Å². The summed E-state index contributed by atoms with van der Waals surface area (Å²) in [5.41, 5.74) is 2.49. The highest BCUT2D eigenvalue weighted by atomic mass is 35.5. The Labute approximate surface area is 103 Å². The fourth-order valence-electron chi connectivity index (χ4n) is 1.01. The largest absolute Gasteiger partial charge is 0.362 e. The zero-order chi connectivity index (χ0) is 12.7. The molecule has 0 aliphatic heterocycles. The van der Waals surface area contributed by atoms with Crippen molar-refractivity contribution < 1.29 is 14.3 Å². The highest BCUT2D eigenvalue weighted by Gasteiger charge is 2.04. The Morgan fingerprint density at radius 1 is 1.18 bits per heavy atom. The van der Waals surface area contributed by atoms with Gasteiger partial charge < -0.3 is 10.1 Å². The van der Waals surface area contributed by atoms with Crippen LogP contribution in [-0.2, 0) is 14.3 Å². The number of hydrogen-bond acceptors (Lipinski definition) is 4. The first-order valence-electron chi connectivity index (χ1n) is 4.74. The van der Waals surface area contributed by atoms with E-state index in [4.69, 9.17) is 22.2 Å². The van der Waals surface area contributed by atoms with E-state index in [-0.39, 0.29) is 19.1 Å². The number of halogens is 1. The Hall–Kier alpha value is -1.63. The zero-order valence-electron chi connectivity index (χ0n) is 8.90. The number of benzene rings is 1. The Morgan fingerprint density at radius 2 is 1.76 bits per heavy atom. The van der Waals surface area contributed by atoms with E-state index < -0.39 is 5.91 Å². The molecule has 2 amide bonds. The molecular weight excluding hydrogens is 246 g/mol. The topological polar surface area (TPSA) is 93.4 Å². The fourth-order valence-corrected chi connectivity index (χ4v) is 1.13. The summed E-state index contributed by atoms with van der Waals surface area (Å²) in [7, 11) is 0. The van der Waals surface area contributed by atoms with Crippen LogP contribution in [0, 0.1) is 0 Å². The van der Waals surface area contributed by atoms with Gasteiger partial charge in [-0.15, -0.1) is 0 Å². The molecule has 0 heterocycles. The molecule has 0 radical (unpaired) electrons. The normalized spacial score (nSPS) is 9.76. The minimum atomic E-state index is -0.496. The van der Waals surface area contributed by atoms with Gasteiger partial charge in [-0.05, 0) is 24.3 Å². The summed E-state index contributed by atoms with van der Waals surface area (Å²) in [4.78, 5) is 22.0. The van der Waals surface area contributed by atoms with E-state index in [1.165, 1.54) is 0 Å². The van der Waals surface area contributed by atoms with Crippen LogP contribution in [0.2, 0.25) is 5.02 Å². The second-order valence-corrected chi connectivity index (χ2v) is 3.55. The van der Waals surface area contributed by atoms with Gasteiger partial charge in [0, 0.05) is 10.7 Å². The first-order chi connectivity index (χ1) is 8.11. The van der Waals surface area contributed by atoms with Crippen LogP contribution in [0.4, 0.5) is 5.69 Å². The third-order valence-electron chi connectivity index (χ3n) is 1.76. The van der Waals surface area contributed by atoms with Crippen LogP contribution in [-0.4, -0.2) is 25.0 Å². The number of anilines is 1. The summed E-state index contributed by atoms with van der Waals surface area (Å²) >= 11 is 5.69. The van der Waals surface area contributed by atoms with Crippen LogP contribution >= 0.6 is 11.6 Å². The summed E-state index contributed by atoms with van der Waals surface area (Å²) in [6.45, 7) is -0.486. The fraction of sp³-hybridized carbons (Fsp3) is 0.200. The van der Waals surface area contributed by atoms with E-state index in [0.29, 0.717) is 10.7 Å². The molecular formula is C10H12ClN3O3. The molecule has 0 atom stereocenters. The molecule has 7 heteroatoms. The van der Waals surface area contributed by atoms with Crippen LogP contribution in [0.3, 0.4) is 0 Å². The van der Waals surface area contributed by atoms with Crippen molar-refractivity contribution in [3.8, 4) is 0 Å². The van der Waals surface area contributed by atoms with Crippen molar-refractivity contribution in [2.75, 3.05) is 18.5 Å². The number of hydrazine groups is 1. The third-order valence-corrected chi connectivity index (χ3v) is 2.01. The molecule has 0 saturated heterocycles. The van der Waals surface area contributed by atoms with Crippen molar-refractivity contribution in [3.05, 3.63) is 29.3 Å². The molecule has 0 aromatic heterocycles. The average molecular weight is 258 g/mol. The van der Waals surface area contributed by atoms with Gasteiger partial charge in [0.05, 0.1) is 0 Å². The van der Waals surface area contributed by atoms with Crippen molar-refractivity contribution in [2.24, 2.45) is 5.84 Å². The van der Waals surface area contributed by atoms with Gasteiger partial charge in [-0.1, -0.05) is 11.6 Å². The molecule has 92 valence electrons. The zero-order valence-corrected chi connectivity index (χ0v) is 9.66. The highest BCUT2D eigenvalue weighted by molar-refractivity contribution is 6.30. The standard InChI is InChI=1S/C10H12ClN3O3/c11-7-1-3-8(4-2-7)13-9(15)5-17-6-10(16)14-12/h1-4H,5-6,12H2,(H,13,15)(H,14,16). The lowest BCUT2D eigenvalue weighted by Crippen LogP contribution is -2.34. The second-order valence-electron chi connectivity index (χ2n) is 3.12. The lowest BCUT2D eigenvalue weighted by Gasteiger charge is -2.05. The lowest BCUT2D eigenvalue weighted by molar-refractivity contribution is -0.128. The van der Waals surface area contributed by atoms with Gasteiger partial charge >= 0.3 is 0 Å². The summed E-state index contributed by atoms with van der Waals surface area (Å²) in [5.74, 6) is 3.97. The number of ether oxygens (including phenoxy) is 1. The van der Waals surface area contributed by atoms with E-state index in [9.17, 15) is 9.59 Å². The van der Waals surface area contributed by atoms with E-state index in [1.807, 2.05) is 5.43 Å². The first kappa shape index (κ1) is 13.4. The maximum atomic E-state index is 11.3. The van der Waals surface area contributed by atoms with E-state index in [2.05, 4.69) is 5.32 Å². The summed E-state index contributed by atoms with van der Waals surface area (Å²) in [5, 5.41) is 3.16. The number of nitrogens with two attached hydrogens (primary N) is 1. The van der Waals surface area contributed by atoms with Gasteiger partial charge in [0.2, 0.25) is 5.91 Å². The van der Waals surface area contributed by atoms with Crippen molar-refractivity contribution >= 4 is 29.1 Å². The second kappa shape index (κ2) is 6.85. The number of nitrogens with one attached hydrogen (secondary N) is 2. The van der Waals surface area contributed by atoms with Gasteiger partial charge in [-0.3, -0.25) is 15.0 Å². The van der Waals surface area contributed by atoms with Gasteiger partial charge in [0.25, 0.3) is 5.91 Å². The van der Waals surface area contributed by atoms with E-state index in [1.54, 1.807) is 24.3 Å². The Bertz CT molecular complexity index is 394. The Morgan fingerprint density at radius 3 is 2.35 bits per heavy atom. The number of hydrogen-bond donors (Lipinski definition) is 3. The summed E-state index contributed by atoms with van der Waals surface area (Å²) in [6.07, 6.45) is 0. The predicted octanol–water partition coefficient (Wildman–Crippen LogP) is 0.285. The molecule has 1 rings (SSSR count). The number of carbonyl (C=O) groups excluding carboxylic acids is 2. The number of amides is 2. The van der Waals surface area contributed by atoms with Crippen molar-refractivity contribution in [2.45, 2.75) is 0 Å². The quantitative estimate of drug-likeness (QED) is 0.401.